The molecular formula is C21H18ClFN2O3. The maximum Gasteiger partial charge on any atom is 0.291 e. The molecule has 2 heterocycles. The minimum atomic E-state index is -0.386. The van der Waals surface area contributed by atoms with Gasteiger partial charge in [0.05, 0.1) is 23.9 Å². The summed E-state index contributed by atoms with van der Waals surface area (Å²) >= 11 is 6.40. The van der Waals surface area contributed by atoms with Gasteiger partial charge in [0.2, 0.25) is 0 Å². The molecule has 5 nitrogen and oxygen atoms in total. The first-order valence-electron chi connectivity index (χ1n) is 8.89. The number of hydrogen-bond acceptors (Lipinski definition) is 4. The van der Waals surface area contributed by atoms with Gasteiger partial charge in [-0.15, -0.1) is 0 Å². The summed E-state index contributed by atoms with van der Waals surface area (Å²) in [7, 11) is 0. The fourth-order valence-corrected chi connectivity index (χ4v) is 3.37. The second-order valence-corrected chi connectivity index (χ2v) is 6.80. The standard InChI is InChI=1S/C21H18ClFN2O3/c22-17-13-16(5-6-18(17)25-9-11-27-12-10-25)24-21(26)20-8-7-19(28-20)14-1-3-15(23)4-2-14/h1-8,13H,9-12H2,(H,24,26). The molecule has 1 aliphatic heterocycles. The van der Waals surface area contributed by atoms with Crippen LogP contribution in [0.15, 0.2) is 59.0 Å². The molecule has 3 aromatic rings. The predicted molar refractivity (Wildman–Crippen MR) is 107 cm³/mol. The van der Waals surface area contributed by atoms with E-state index in [9.17, 15) is 9.18 Å². The highest BCUT2D eigenvalue weighted by atomic mass is 35.5. The lowest BCUT2D eigenvalue weighted by molar-refractivity contribution is 0.0997. The minimum Gasteiger partial charge on any atom is -0.451 e. The number of rotatable bonds is 4. The quantitative estimate of drug-likeness (QED) is 0.681. The zero-order valence-electron chi connectivity index (χ0n) is 15.0. The topological polar surface area (TPSA) is 54.7 Å². The Morgan fingerprint density at radius 2 is 1.79 bits per heavy atom. The third kappa shape index (κ3) is 4.03. The van der Waals surface area contributed by atoms with Gasteiger partial charge in [0.1, 0.15) is 11.6 Å². The number of ether oxygens (including phenoxy) is 1. The van der Waals surface area contributed by atoms with E-state index in [2.05, 4.69) is 10.2 Å². The second kappa shape index (κ2) is 8.04. The molecule has 7 heteroatoms. The molecule has 1 fully saturated rings. The Morgan fingerprint density at radius 1 is 1.04 bits per heavy atom. The molecule has 1 aliphatic rings. The summed E-state index contributed by atoms with van der Waals surface area (Å²) < 4.78 is 24.0. The molecule has 1 aromatic heterocycles. The number of furan rings is 1. The van der Waals surface area contributed by atoms with Gasteiger partial charge < -0.3 is 19.4 Å². The molecule has 0 saturated carbocycles. The van der Waals surface area contributed by atoms with Crippen LogP contribution in [0.1, 0.15) is 10.6 Å². The van der Waals surface area contributed by atoms with Crippen LogP contribution in [-0.4, -0.2) is 32.2 Å². The Hall–Kier alpha value is -2.83. The number of morpholine rings is 1. The number of carbonyl (C=O) groups is 1. The monoisotopic (exact) mass is 400 g/mol. The molecule has 144 valence electrons. The zero-order valence-corrected chi connectivity index (χ0v) is 15.7. The third-order valence-corrected chi connectivity index (χ3v) is 4.82. The lowest BCUT2D eigenvalue weighted by Gasteiger charge is -2.29. The lowest BCUT2D eigenvalue weighted by Crippen LogP contribution is -2.36. The van der Waals surface area contributed by atoms with E-state index in [4.69, 9.17) is 20.8 Å². The summed E-state index contributed by atoms with van der Waals surface area (Å²) in [5, 5.41) is 3.34. The van der Waals surface area contributed by atoms with Crippen LogP contribution in [0.3, 0.4) is 0 Å². The van der Waals surface area contributed by atoms with Crippen molar-refractivity contribution in [2.75, 3.05) is 36.5 Å². The van der Waals surface area contributed by atoms with Crippen LogP contribution in [0.2, 0.25) is 5.02 Å². The van der Waals surface area contributed by atoms with Gasteiger partial charge in [-0.25, -0.2) is 4.39 Å². The van der Waals surface area contributed by atoms with Gasteiger partial charge in [0, 0.05) is 24.3 Å². The molecule has 0 bridgehead atoms. The van der Waals surface area contributed by atoms with E-state index in [1.807, 2.05) is 6.07 Å². The molecule has 0 atom stereocenters. The molecule has 2 aromatic carbocycles. The summed E-state index contributed by atoms with van der Waals surface area (Å²) in [5.41, 5.74) is 2.18. The van der Waals surface area contributed by atoms with Crippen molar-refractivity contribution in [2.24, 2.45) is 0 Å². The van der Waals surface area contributed by atoms with Crippen LogP contribution in [-0.2, 0) is 4.74 Å². The number of hydrogen-bond donors (Lipinski definition) is 1. The zero-order chi connectivity index (χ0) is 19.5. The number of nitrogens with one attached hydrogen (secondary N) is 1. The number of nitrogens with zero attached hydrogens (tertiary/aromatic N) is 1. The number of anilines is 2. The highest BCUT2D eigenvalue weighted by molar-refractivity contribution is 6.33. The minimum absolute atomic E-state index is 0.160. The highest BCUT2D eigenvalue weighted by Crippen LogP contribution is 2.30. The van der Waals surface area contributed by atoms with E-state index in [0.717, 1.165) is 18.8 Å². The van der Waals surface area contributed by atoms with Gasteiger partial charge in [-0.1, -0.05) is 11.6 Å². The van der Waals surface area contributed by atoms with E-state index >= 15 is 0 Å². The molecule has 0 aliphatic carbocycles. The summed E-state index contributed by atoms with van der Waals surface area (Å²) in [4.78, 5) is 14.6. The first-order valence-corrected chi connectivity index (χ1v) is 9.27. The molecule has 28 heavy (non-hydrogen) atoms. The van der Waals surface area contributed by atoms with Crippen LogP contribution in [0.25, 0.3) is 11.3 Å². The fourth-order valence-electron chi connectivity index (χ4n) is 3.07. The number of amides is 1. The van der Waals surface area contributed by atoms with Gasteiger partial charge in [-0.05, 0) is 54.6 Å². The molecule has 1 N–H and O–H groups in total. The molecular weight excluding hydrogens is 383 g/mol. The molecule has 1 amide bonds. The molecule has 0 spiro atoms. The average Bonchev–Trinajstić information content (AvgIpc) is 3.20. The van der Waals surface area contributed by atoms with Gasteiger partial charge >= 0.3 is 0 Å². The Bertz CT molecular complexity index is 982. The Morgan fingerprint density at radius 3 is 2.50 bits per heavy atom. The van der Waals surface area contributed by atoms with Crippen molar-refractivity contribution >= 4 is 28.9 Å². The van der Waals surface area contributed by atoms with Gasteiger partial charge in [-0.3, -0.25) is 4.79 Å². The first-order chi connectivity index (χ1) is 13.6. The Labute approximate surface area is 166 Å². The largest absolute Gasteiger partial charge is 0.451 e. The molecule has 0 radical (unpaired) electrons. The molecule has 1 saturated heterocycles. The smallest absolute Gasteiger partial charge is 0.291 e. The van der Waals surface area contributed by atoms with E-state index in [-0.39, 0.29) is 17.5 Å². The Kier molecular flexibility index (Phi) is 5.32. The van der Waals surface area contributed by atoms with Crippen LogP contribution in [0.5, 0.6) is 0 Å². The maximum atomic E-state index is 13.0. The van der Waals surface area contributed by atoms with Crippen LogP contribution < -0.4 is 10.2 Å². The molecule has 0 unspecified atom stereocenters. The number of carbonyl (C=O) groups excluding carboxylic acids is 1. The van der Waals surface area contributed by atoms with Gasteiger partial charge in [0.15, 0.2) is 5.76 Å². The van der Waals surface area contributed by atoms with Crippen LogP contribution in [0.4, 0.5) is 15.8 Å². The third-order valence-electron chi connectivity index (χ3n) is 4.52. The van der Waals surface area contributed by atoms with Crippen molar-refractivity contribution in [1.29, 1.82) is 0 Å². The van der Waals surface area contributed by atoms with Crippen molar-refractivity contribution < 1.29 is 18.3 Å². The second-order valence-electron chi connectivity index (χ2n) is 6.39. The highest BCUT2D eigenvalue weighted by Gasteiger charge is 2.16. The summed E-state index contributed by atoms with van der Waals surface area (Å²) in [5.74, 6) is -0.0622. The van der Waals surface area contributed by atoms with Crippen molar-refractivity contribution in [2.45, 2.75) is 0 Å². The number of halogens is 2. The normalized spacial score (nSPS) is 14.1. The van der Waals surface area contributed by atoms with E-state index in [1.165, 1.54) is 12.1 Å². The fraction of sp³-hybridized carbons (Fsp3) is 0.190. The summed E-state index contributed by atoms with van der Waals surface area (Å²) in [6.45, 7) is 2.90. The van der Waals surface area contributed by atoms with Crippen molar-refractivity contribution in [1.82, 2.24) is 0 Å². The van der Waals surface area contributed by atoms with Crippen molar-refractivity contribution in [3.8, 4) is 11.3 Å². The maximum absolute atomic E-state index is 13.0. The van der Waals surface area contributed by atoms with E-state index in [0.29, 0.717) is 35.2 Å². The van der Waals surface area contributed by atoms with E-state index < -0.39 is 0 Å². The number of benzene rings is 2. The molecule has 4 rings (SSSR count). The van der Waals surface area contributed by atoms with Crippen LogP contribution >= 0.6 is 11.6 Å². The SMILES string of the molecule is O=C(Nc1ccc(N2CCOCC2)c(Cl)c1)c1ccc(-c2ccc(F)cc2)o1. The predicted octanol–water partition coefficient (Wildman–Crippen LogP) is 4.83. The average molecular weight is 401 g/mol. The van der Waals surface area contributed by atoms with Gasteiger partial charge in [0.25, 0.3) is 5.91 Å². The van der Waals surface area contributed by atoms with Crippen molar-refractivity contribution in [3.05, 3.63) is 71.2 Å². The lowest BCUT2D eigenvalue weighted by atomic mass is 10.2. The summed E-state index contributed by atoms with van der Waals surface area (Å²) in [6, 6.07) is 14.5. The summed E-state index contributed by atoms with van der Waals surface area (Å²) in [6.07, 6.45) is 0. The van der Waals surface area contributed by atoms with Gasteiger partial charge in [-0.2, -0.15) is 0 Å². The first kappa shape index (κ1) is 18.5. The van der Waals surface area contributed by atoms with E-state index in [1.54, 1.807) is 36.4 Å². The van der Waals surface area contributed by atoms with Crippen molar-refractivity contribution in [3.63, 3.8) is 0 Å². The van der Waals surface area contributed by atoms with Crippen LogP contribution in [0, 0.1) is 5.82 Å². The Balaban J connectivity index is 1.46.